The lowest BCUT2D eigenvalue weighted by Gasteiger charge is -2.10. The topological polar surface area (TPSA) is 59.3 Å². The second-order valence-corrected chi connectivity index (χ2v) is 4.17. The van der Waals surface area contributed by atoms with Crippen molar-refractivity contribution in [3.63, 3.8) is 0 Å². The minimum atomic E-state index is -2.94. The molecule has 0 unspecified atom stereocenters. The number of pyridine rings is 1. The van der Waals surface area contributed by atoms with E-state index >= 15 is 0 Å². The lowest BCUT2D eigenvalue weighted by Crippen LogP contribution is -2.19. The zero-order chi connectivity index (χ0) is 14.7. The van der Waals surface area contributed by atoms with Crippen molar-refractivity contribution in [1.82, 2.24) is 4.57 Å². The van der Waals surface area contributed by atoms with Gasteiger partial charge >= 0.3 is 12.5 Å². The van der Waals surface area contributed by atoms with Crippen molar-refractivity contribution in [2.45, 2.75) is 13.0 Å². The highest BCUT2D eigenvalue weighted by atomic mass is 19.3. The van der Waals surface area contributed by atoms with E-state index in [1.54, 1.807) is 24.3 Å². The largest absolute Gasteiger partial charge is 0.481 e. The maximum atomic E-state index is 12.7. The Kier molecular flexibility index (Phi) is 3.93. The normalized spacial score (nSPS) is 10.8. The number of aliphatic carboxylic acids is 1. The van der Waals surface area contributed by atoms with Gasteiger partial charge in [0.15, 0.2) is 0 Å². The van der Waals surface area contributed by atoms with Gasteiger partial charge in [-0.3, -0.25) is 14.2 Å². The van der Waals surface area contributed by atoms with Gasteiger partial charge in [-0.2, -0.15) is 8.78 Å². The Morgan fingerprint density at radius 2 is 1.90 bits per heavy atom. The van der Waals surface area contributed by atoms with Gasteiger partial charge in [-0.05, 0) is 22.8 Å². The molecule has 0 atom stereocenters. The molecule has 0 aliphatic rings. The number of halogens is 2. The summed E-state index contributed by atoms with van der Waals surface area (Å²) in [5, 5.41) is 8.85. The molecule has 2 rings (SSSR count). The number of carboxylic acid groups (broad SMARTS) is 1. The summed E-state index contributed by atoms with van der Waals surface area (Å²) in [6.07, 6.45) is 0.817. The van der Waals surface area contributed by atoms with Crippen molar-refractivity contribution in [1.29, 1.82) is 0 Å². The molecule has 0 aliphatic carbocycles. The summed E-state index contributed by atoms with van der Waals surface area (Å²) >= 11 is 0. The van der Waals surface area contributed by atoms with Gasteiger partial charge < -0.3 is 5.11 Å². The molecular formula is C14H11F2NO3. The third kappa shape index (κ3) is 2.90. The van der Waals surface area contributed by atoms with Crippen LogP contribution in [0.1, 0.15) is 12.1 Å². The highest BCUT2D eigenvalue weighted by molar-refractivity contribution is 5.76. The van der Waals surface area contributed by atoms with Crippen LogP contribution < -0.4 is 5.56 Å². The van der Waals surface area contributed by atoms with Crippen molar-refractivity contribution in [3.8, 4) is 11.1 Å². The van der Waals surface area contributed by atoms with E-state index in [4.69, 9.17) is 5.11 Å². The van der Waals surface area contributed by atoms with Crippen molar-refractivity contribution >= 4 is 5.97 Å². The van der Waals surface area contributed by atoms with Gasteiger partial charge in [-0.25, -0.2) is 0 Å². The standard InChI is InChI=1S/C14H11F2NO3/c15-14(16)17-8-10(5-6-12(17)18)11-4-2-1-3-9(11)7-13(19)20/h1-6,8,14H,7H2,(H,19,20). The van der Waals surface area contributed by atoms with Crippen LogP contribution in [0.3, 0.4) is 0 Å². The molecule has 0 radical (unpaired) electrons. The first-order valence-electron chi connectivity index (χ1n) is 5.79. The SMILES string of the molecule is O=C(O)Cc1ccccc1-c1ccc(=O)n(C(F)F)c1. The summed E-state index contributed by atoms with van der Waals surface area (Å²) in [6.45, 7) is -2.94. The van der Waals surface area contributed by atoms with E-state index in [9.17, 15) is 18.4 Å². The van der Waals surface area contributed by atoms with Crippen LogP contribution in [0.2, 0.25) is 0 Å². The van der Waals surface area contributed by atoms with Crippen LogP contribution in [0.4, 0.5) is 8.78 Å². The van der Waals surface area contributed by atoms with E-state index < -0.39 is 18.1 Å². The Morgan fingerprint density at radius 1 is 1.20 bits per heavy atom. The molecule has 1 N–H and O–H groups in total. The Morgan fingerprint density at radius 3 is 2.55 bits per heavy atom. The van der Waals surface area contributed by atoms with Gasteiger partial charge in [0.05, 0.1) is 6.42 Å². The predicted octanol–water partition coefficient (Wildman–Crippen LogP) is 2.54. The molecule has 2 aromatic rings. The maximum absolute atomic E-state index is 12.7. The molecule has 104 valence electrons. The third-order valence-corrected chi connectivity index (χ3v) is 2.82. The molecule has 0 aliphatic heterocycles. The number of rotatable bonds is 4. The molecule has 0 bridgehead atoms. The zero-order valence-corrected chi connectivity index (χ0v) is 10.3. The molecular weight excluding hydrogens is 268 g/mol. The quantitative estimate of drug-likeness (QED) is 0.935. The van der Waals surface area contributed by atoms with E-state index in [0.717, 1.165) is 12.3 Å². The van der Waals surface area contributed by atoms with Gasteiger partial charge in [0, 0.05) is 12.3 Å². The molecule has 1 heterocycles. The number of benzene rings is 1. The van der Waals surface area contributed by atoms with Crippen LogP contribution in [0.5, 0.6) is 0 Å². The van der Waals surface area contributed by atoms with E-state index in [1.807, 2.05) is 0 Å². The lowest BCUT2D eigenvalue weighted by molar-refractivity contribution is -0.136. The van der Waals surface area contributed by atoms with Crippen LogP contribution in [-0.4, -0.2) is 15.6 Å². The minimum absolute atomic E-state index is 0.218. The van der Waals surface area contributed by atoms with Gasteiger partial charge in [0.2, 0.25) is 0 Å². The van der Waals surface area contributed by atoms with Gasteiger partial charge in [-0.15, -0.1) is 0 Å². The number of carboxylic acids is 1. The van der Waals surface area contributed by atoms with Gasteiger partial charge in [-0.1, -0.05) is 24.3 Å². The monoisotopic (exact) mass is 279 g/mol. The summed E-state index contributed by atoms with van der Waals surface area (Å²) in [5.41, 5.74) is 0.588. The van der Waals surface area contributed by atoms with Crippen LogP contribution in [0, 0.1) is 0 Å². The summed E-state index contributed by atoms with van der Waals surface area (Å²) in [5.74, 6) is -1.01. The van der Waals surface area contributed by atoms with Crippen molar-refractivity contribution in [3.05, 3.63) is 58.5 Å². The van der Waals surface area contributed by atoms with E-state index in [-0.39, 0.29) is 6.42 Å². The van der Waals surface area contributed by atoms with Gasteiger partial charge in [0.25, 0.3) is 5.56 Å². The average Bonchev–Trinajstić information content (AvgIpc) is 2.39. The van der Waals surface area contributed by atoms with Crippen LogP contribution in [0.15, 0.2) is 47.4 Å². The summed E-state index contributed by atoms with van der Waals surface area (Å²) in [7, 11) is 0. The minimum Gasteiger partial charge on any atom is -0.481 e. The van der Waals surface area contributed by atoms with Crippen LogP contribution >= 0.6 is 0 Å². The fourth-order valence-electron chi connectivity index (χ4n) is 1.93. The smallest absolute Gasteiger partial charge is 0.321 e. The number of aromatic nitrogens is 1. The second kappa shape index (κ2) is 5.64. The first kappa shape index (κ1) is 13.9. The van der Waals surface area contributed by atoms with Crippen molar-refractivity contribution < 1.29 is 18.7 Å². The Bertz CT molecular complexity index is 695. The van der Waals surface area contributed by atoms with E-state index in [1.165, 1.54) is 6.07 Å². The Hall–Kier alpha value is -2.50. The fourth-order valence-corrected chi connectivity index (χ4v) is 1.93. The summed E-state index contributed by atoms with van der Waals surface area (Å²) < 4.78 is 25.7. The zero-order valence-electron chi connectivity index (χ0n) is 10.3. The maximum Gasteiger partial charge on any atom is 0.321 e. The molecule has 1 aromatic heterocycles. The fraction of sp³-hybridized carbons (Fsp3) is 0.143. The van der Waals surface area contributed by atoms with E-state index in [2.05, 4.69) is 0 Å². The lowest BCUT2D eigenvalue weighted by atomic mass is 9.99. The highest BCUT2D eigenvalue weighted by Crippen LogP contribution is 2.24. The summed E-state index contributed by atoms with van der Waals surface area (Å²) in [4.78, 5) is 22.1. The molecule has 0 saturated heterocycles. The first-order chi connectivity index (χ1) is 9.49. The molecule has 20 heavy (non-hydrogen) atoms. The van der Waals surface area contributed by atoms with E-state index in [0.29, 0.717) is 21.3 Å². The van der Waals surface area contributed by atoms with Crippen molar-refractivity contribution in [2.75, 3.05) is 0 Å². The number of carbonyl (C=O) groups is 1. The number of alkyl halides is 2. The Labute approximate surface area is 112 Å². The number of nitrogens with zero attached hydrogens (tertiary/aromatic N) is 1. The number of hydrogen-bond acceptors (Lipinski definition) is 2. The Balaban J connectivity index is 2.54. The van der Waals surface area contributed by atoms with Crippen LogP contribution in [0.25, 0.3) is 11.1 Å². The second-order valence-electron chi connectivity index (χ2n) is 4.17. The molecule has 0 amide bonds. The average molecular weight is 279 g/mol. The molecule has 0 fully saturated rings. The molecule has 0 saturated carbocycles. The number of hydrogen-bond donors (Lipinski definition) is 1. The molecule has 4 nitrogen and oxygen atoms in total. The van der Waals surface area contributed by atoms with Gasteiger partial charge in [0.1, 0.15) is 0 Å². The van der Waals surface area contributed by atoms with Crippen LogP contribution in [-0.2, 0) is 11.2 Å². The summed E-state index contributed by atoms with van der Waals surface area (Å²) in [6, 6.07) is 9.04. The molecule has 1 aromatic carbocycles. The molecule has 0 spiro atoms. The first-order valence-corrected chi connectivity index (χ1v) is 5.79. The predicted molar refractivity (Wildman–Crippen MR) is 68.7 cm³/mol. The third-order valence-electron chi connectivity index (χ3n) is 2.82. The molecule has 6 heteroatoms. The van der Waals surface area contributed by atoms with Crippen molar-refractivity contribution in [2.24, 2.45) is 0 Å². The highest BCUT2D eigenvalue weighted by Gasteiger charge is 2.12.